The number of nitrogens with one attached hydrogen (secondary N) is 1. The van der Waals surface area contributed by atoms with Crippen LogP contribution in [0.3, 0.4) is 0 Å². The number of aromatic amines is 1. The SMILES string of the molecule is CCCC(=O)N1CCC(c2[nH]ncc2C(=O)N2C(C)CCCC2C)CC1. The third-order valence-corrected chi connectivity index (χ3v) is 6.05. The third kappa shape index (κ3) is 3.79. The summed E-state index contributed by atoms with van der Waals surface area (Å²) in [6, 6.07) is 0.560. The molecule has 3 rings (SSSR count). The molecule has 26 heavy (non-hydrogen) atoms. The molecule has 144 valence electrons. The van der Waals surface area contributed by atoms with Gasteiger partial charge >= 0.3 is 0 Å². The maximum Gasteiger partial charge on any atom is 0.257 e. The van der Waals surface area contributed by atoms with Gasteiger partial charge in [0.25, 0.3) is 5.91 Å². The molecule has 2 saturated heterocycles. The van der Waals surface area contributed by atoms with Crippen LogP contribution in [0.4, 0.5) is 0 Å². The van der Waals surface area contributed by atoms with E-state index in [1.807, 2.05) is 16.7 Å². The highest BCUT2D eigenvalue weighted by Gasteiger charge is 2.34. The van der Waals surface area contributed by atoms with E-state index >= 15 is 0 Å². The lowest BCUT2D eigenvalue weighted by Gasteiger charge is -2.39. The van der Waals surface area contributed by atoms with Gasteiger partial charge in [-0.15, -0.1) is 0 Å². The molecule has 0 radical (unpaired) electrons. The van der Waals surface area contributed by atoms with Crippen molar-refractivity contribution >= 4 is 11.8 Å². The van der Waals surface area contributed by atoms with Crippen molar-refractivity contribution in [2.75, 3.05) is 13.1 Å². The highest BCUT2D eigenvalue weighted by atomic mass is 16.2. The lowest BCUT2D eigenvalue weighted by molar-refractivity contribution is -0.132. The molecule has 0 spiro atoms. The van der Waals surface area contributed by atoms with E-state index in [1.54, 1.807) is 6.20 Å². The first-order valence-corrected chi connectivity index (χ1v) is 10.2. The molecule has 6 heteroatoms. The number of likely N-dealkylation sites (tertiary alicyclic amines) is 2. The molecule has 0 saturated carbocycles. The summed E-state index contributed by atoms with van der Waals surface area (Å²) < 4.78 is 0. The molecule has 0 aliphatic carbocycles. The van der Waals surface area contributed by atoms with Crippen molar-refractivity contribution in [1.29, 1.82) is 0 Å². The van der Waals surface area contributed by atoms with Crippen molar-refractivity contribution in [3.63, 3.8) is 0 Å². The quantitative estimate of drug-likeness (QED) is 0.895. The van der Waals surface area contributed by atoms with Crippen LogP contribution in [0.1, 0.15) is 87.7 Å². The standard InChI is InChI=1S/C20H32N4O2/c1-4-6-18(25)23-11-9-16(10-12-23)19-17(13-21-22-19)20(26)24-14(2)7-5-8-15(24)3/h13-16H,4-12H2,1-3H3,(H,21,22). The van der Waals surface area contributed by atoms with E-state index in [2.05, 4.69) is 24.0 Å². The van der Waals surface area contributed by atoms with Gasteiger partial charge in [0.1, 0.15) is 0 Å². The van der Waals surface area contributed by atoms with Gasteiger partial charge in [-0.1, -0.05) is 6.92 Å². The molecule has 6 nitrogen and oxygen atoms in total. The Morgan fingerprint density at radius 3 is 2.42 bits per heavy atom. The van der Waals surface area contributed by atoms with Crippen LogP contribution in [-0.4, -0.2) is 57.0 Å². The molecule has 2 aliphatic heterocycles. The fourth-order valence-electron chi connectivity index (χ4n) is 4.53. The van der Waals surface area contributed by atoms with Crippen LogP contribution in [0.2, 0.25) is 0 Å². The summed E-state index contributed by atoms with van der Waals surface area (Å²) >= 11 is 0. The van der Waals surface area contributed by atoms with Gasteiger partial charge in [0.2, 0.25) is 5.91 Å². The summed E-state index contributed by atoms with van der Waals surface area (Å²) in [6.07, 6.45) is 8.33. The monoisotopic (exact) mass is 360 g/mol. The van der Waals surface area contributed by atoms with E-state index in [9.17, 15) is 9.59 Å². The van der Waals surface area contributed by atoms with Crippen LogP contribution in [0, 0.1) is 0 Å². The van der Waals surface area contributed by atoms with Crippen LogP contribution in [-0.2, 0) is 4.79 Å². The molecule has 1 N–H and O–H groups in total. The van der Waals surface area contributed by atoms with E-state index in [0.717, 1.165) is 56.5 Å². The average Bonchev–Trinajstić information content (AvgIpc) is 3.11. The lowest BCUT2D eigenvalue weighted by atomic mass is 9.90. The lowest BCUT2D eigenvalue weighted by Crippen LogP contribution is -2.47. The zero-order chi connectivity index (χ0) is 18.7. The fourth-order valence-corrected chi connectivity index (χ4v) is 4.53. The first-order chi connectivity index (χ1) is 12.5. The van der Waals surface area contributed by atoms with E-state index in [4.69, 9.17) is 0 Å². The number of carbonyl (C=O) groups excluding carboxylic acids is 2. The summed E-state index contributed by atoms with van der Waals surface area (Å²) in [4.78, 5) is 29.3. The smallest absolute Gasteiger partial charge is 0.257 e. The summed E-state index contributed by atoms with van der Waals surface area (Å²) in [5, 5.41) is 7.29. The Morgan fingerprint density at radius 2 is 1.81 bits per heavy atom. The average molecular weight is 361 g/mol. The first kappa shape index (κ1) is 18.9. The van der Waals surface area contributed by atoms with Crippen LogP contribution in [0.15, 0.2) is 6.20 Å². The van der Waals surface area contributed by atoms with Crippen molar-refractivity contribution in [2.24, 2.45) is 0 Å². The van der Waals surface area contributed by atoms with Crippen molar-refractivity contribution in [3.05, 3.63) is 17.5 Å². The second-order valence-electron chi connectivity index (χ2n) is 7.94. The predicted molar refractivity (Wildman–Crippen MR) is 101 cm³/mol. The van der Waals surface area contributed by atoms with Gasteiger partial charge in [-0.05, 0) is 52.4 Å². The number of piperidine rings is 2. The molecule has 2 aliphatic rings. The van der Waals surface area contributed by atoms with E-state index in [-0.39, 0.29) is 29.8 Å². The summed E-state index contributed by atoms with van der Waals surface area (Å²) in [5.41, 5.74) is 1.69. The van der Waals surface area contributed by atoms with E-state index < -0.39 is 0 Å². The number of hydrogen-bond donors (Lipinski definition) is 1. The highest BCUT2D eigenvalue weighted by Crippen LogP contribution is 2.31. The third-order valence-electron chi connectivity index (χ3n) is 6.05. The Labute approximate surface area is 156 Å². The van der Waals surface area contributed by atoms with Gasteiger partial charge in [-0.2, -0.15) is 5.10 Å². The fraction of sp³-hybridized carbons (Fsp3) is 0.750. The van der Waals surface area contributed by atoms with Crippen LogP contribution in [0.25, 0.3) is 0 Å². The number of H-pyrrole nitrogens is 1. The van der Waals surface area contributed by atoms with Gasteiger partial charge in [0.15, 0.2) is 0 Å². The molecule has 1 aromatic rings. The Bertz CT molecular complexity index is 624. The van der Waals surface area contributed by atoms with Gasteiger partial charge in [-0.25, -0.2) is 0 Å². The van der Waals surface area contributed by atoms with Gasteiger partial charge in [0, 0.05) is 37.5 Å². The number of aromatic nitrogens is 2. The topological polar surface area (TPSA) is 69.3 Å². The molecule has 2 atom stereocenters. The highest BCUT2D eigenvalue weighted by molar-refractivity contribution is 5.95. The maximum absolute atomic E-state index is 13.2. The largest absolute Gasteiger partial charge is 0.343 e. The van der Waals surface area contributed by atoms with Crippen molar-refractivity contribution in [2.45, 2.75) is 83.7 Å². The Morgan fingerprint density at radius 1 is 1.15 bits per heavy atom. The Hall–Kier alpha value is -1.85. The minimum absolute atomic E-state index is 0.109. The second kappa shape index (κ2) is 8.23. The van der Waals surface area contributed by atoms with Crippen LogP contribution >= 0.6 is 0 Å². The Balaban J connectivity index is 1.69. The number of rotatable bonds is 4. The molecule has 0 aromatic carbocycles. The summed E-state index contributed by atoms with van der Waals surface area (Å²) in [6.45, 7) is 7.87. The number of amides is 2. The number of nitrogens with zero attached hydrogens (tertiary/aromatic N) is 3. The first-order valence-electron chi connectivity index (χ1n) is 10.2. The van der Waals surface area contributed by atoms with Crippen molar-refractivity contribution < 1.29 is 9.59 Å². The summed E-state index contributed by atoms with van der Waals surface area (Å²) in [7, 11) is 0. The molecule has 2 amide bonds. The van der Waals surface area contributed by atoms with Crippen molar-refractivity contribution in [1.82, 2.24) is 20.0 Å². The molecule has 2 fully saturated rings. The number of hydrogen-bond acceptors (Lipinski definition) is 3. The zero-order valence-corrected chi connectivity index (χ0v) is 16.3. The van der Waals surface area contributed by atoms with E-state index in [0.29, 0.717) is 6.42 Å². The molecular weight excluding hydrogens is 328 g/mol. The number of carbonyl (C=O) groups is 2. The van der Waals surface area contributed by atoms with Gasteiger partial charge in [-0.3, -0.25) is 14.7 Å². The molecule has 3 heterocycles. The summed E-state index contributed by atoms with van der Waals surface area (Å²) in [5.74, 6) is 0.637. The molecule has 0 bridgehead atoms. The normalized spacial score (nSPS) is 24.7. The zero-order valence-electron chi connectivity index (χ0n) is 16.3. The van der Waals surface area contributed by atoms with Crippen LogP contribution in [0.5, 0.6) is 0 Å². The van der Waals surface area contributed by atoms with Gasteiger partial charge in [0.05, 0.1) is 17.5 Å². The Kier molecular flexibility index (Phi) is 5.99. The van der Waals surface area contributed by atoms with Crippen molar-refractivity contribution in [3.8, 4) is 0 Å². The van der Waals surface area contributed by atoms with Crippen LogP contribution < -0.4 is 0 Å². The minimum Gasteiger partial charge on any atom is -0.343 e. The predicted octanol–water partition coefficient (Wildman–Crippen LogP) is 3.32. The minimum atomic E-state index is 0.109. The molecule has 1 aromatic heterocycles. The van der Waals surface area contributed by atoms with Gasteiger partial charge < -0.3 is 9.80 Å². The van der Waals surface area contributed by atoms with E-state index in [1.165, 1.54) is 6.42 Å². The molecule has 2 unspecified atom stereocenters. The molecular formula is C20H32N4O2. The second-order valence-corrected chi connectivity index (χ2v) is 7.94. The maximum atomic E-state index is 13.2.